The quantitative estimate of drug-likeness (QED) is 0.151. The number of rotatable bonds is 11. The molecule has 0 bridgehead atoms. The number of nitrogens with one attached hydrogen (secondary N) is 1. The molecule has 4 rings (SSSR count). The van der Waals surface area contributed by atoms with Gasteiger partial charge in [-0.15, -0.1) is 0 Å². The van der Waals surface area contributed by atoms with Gasteiger partial charge in [-0.25, -0.2) is 23.1 Å². The van der Waals surface area contributed by atoms with Crippen molar-refractivity contribution >= 4 is 34.0 Å². The minimum absolute atomic E-state index is 0.0325. The van der Waals surface area contributed by atoms with Crippen LogP contribution < -0.4 is 14.8 Å². The second kappa shape index (κ2) is 12.9. The topological polar surface area (TPSA) is 157 Å². The summed E-state index contributed by atoms with van der Waals surface area (Å²) >= 11 is 5.82. The second-order valence-electron chi connectivity index (χ2n) is 8.90. The molecule has 6 N–H and O–H groups in total. The molecule has 0 aliphatic heterocycles. The highest BCUT2D eigenvalue weighted by Gasteiger charge is 2.37. The van der Waals surface area contributed by atoms with Gasteiger partial charge in [-0.05, 0) is 36.4 Å². The van der Waals surface area contributed by atoms with Gasteiger partial charge in [0.25, 0.3) is 0 Å². The van der Waals surface area contributed by atoms with E-state index >= 15 is 0 Å². The number of anilines is 2. The Labute approximate surface area is 236 Å². The van der Waals surface area contributed by atoms with Crippen molar-refractivity contribution in [2.24, 2.45) is 0 Å². The maximum Gasteiger partial charge on any atom is 0.198 e. The highest BCUT2D eigenvalue weighted by atomic mass is 35.5. The van der Waals surface area contributed by atoms with E-state index < -0.39 is 54.6 Å². The minimum Gasteiger partial charge on any atom is -0.496 e. The number of aliphatic hydroxyl groups is 5. The smallest absolute Gasteiger partial charge is 0.198 e. The van der Waals surface area contributed by atoms with Crippen LogP contribution in [0.2, 0.25) is 5.02 Å². The summed E-state index contributed by atoms with van der Waals surface area (Å²) in [5.74, 6) is -2.47. The average molecular weight is 596 g/mol. The van der Waals surface area contributed by atoms with Gasteiger partial charge >= 0.3 is 0 Å². The maximum absolute atomic E-state index is 14.9. The number of ether oxygens (including phenoxy) is 2. The van der Waals surface area contributed by atoms with Crippen LogP contribution in [0, 0.1) is 11.6 Å². The van der Waals surface area contributed by atoms with Gasteiger partial charge in [0.2, 0.25) is 0 Å². The molecule has 0 saturated carbocycles. The summed E-state index contributed by atoms with van der Waals surface area (Å²) in [7, 11) is 1.23. The lowest BCUT2D eigenvalue weighted by atomic mass is 9.95. The fraction of sp³-hybridized carbons (Fsp3) is 0.259. The van der Waals surface area contributed by atoms with Gasteiger partial charge in [0.1, 0.15) is 48.1 Å². The highest BCUT2D eigenvalue weighted by molar-refractivity contribution is 6.30. The number of alkyl halides is 1. The molecule has 0 saturated heterocycles. The zero-order valence-electron chi connectivity index (χ0n) is 21.2. The average Bonchev–Trinajstić information content (AvgIpc) is 2.97. The largest absolute Gasteiger partial charge is 0.496 e. The monoisotopic (exact) mass is 595 g/mol. The molecule has 1 heterocycles. The minimum atomic E-state index is -2.50. The number of halogens is 4. The summed E-state index contributed by atoms with van der Waals surface area (Å²) in [6.07, 6.45) is -9.63. The molecular weight excluding hydrogens is 571 g/mol. The van der Waals surface area contributed by atoms with Crippen molar-refractivity contribution in [3.8, 4) is 17.2 Å². The van der Waals surface area contributed by atoms with E-state index in [0.29, 0.717) is 5.02 Å². The van der Waals surface area contributed by atoms with Crippen LogP contribution in [0.5, 0.6) is 17.2 Å². The van der Waals surface area contributed by atoms with Crippen LogP contribution in [0.3, 0.4) is 0 Å². The number of hydrogen-bond acceptors (Lipinski definition) is 10. The number of aromatic nitrogens is 2. The first-order chi connectivity index (χ1) is 19.5. The van der Waals surface area contributed by atoms with Crippen LogP contribution >= 0.6 is 11.6 Å². The zero-order valence-corrected chi connectivity index (χ0v) is 22.0. The van der Waals surface area contributed by atoms with Crippen LogP contribution in [0.4, 0.5) is 24.7 Å². The summed E-state index contributed by atoms with van der Waals surface area (Å²) in [5.41, 5.74) is -0.0452. The van der Waals surface area contributed by atoms with Crippen molar-refractivity contribution in [2.45, 2.75) is 30.6 Å². The molecule has 3 aromatic carbocycles. The van der Waals surface area contributed by atoms with E-state index in [2.05, 4.69) is 15.3 Å². The SMILES string of the molecule is COc1cc2c(Nc3cc(F)c(Oc4ccc(Cl)cc4)c(F)c3)ncnc2cc1C(O)[C@@H](F)[C@H](O)[C@@H](O)[C@H](O)CO. The Balaban J connectivity index is 1.63. The van der Waals surface area contributed by atoms with Crippen LogP contribution in [-0.4, -0.2) is 73.7 Å². The van der Waals surface area contributed by atoms with Crippen LogP contribution in [-0.2, 0) is 0 Å². The zero-order chi connectivity index (χ0) is 29.8. The molecular formula is C27H25ClF3N3O7. The predicted octanol–water partition coefficient (Wildman–Crippen LogP) is 3.55. The normalized spacial score (nSPS) is 15.2. The number of benzene rings is 3. The Morgan fingerprint density at radius 1 is 0.951 bits per heavy atom. The molecule has 0 aliphatic rings. The third kappa shape index (κ3) is 6.62. The van der Waals surface area contributed by atoms with Crippen molar-refractivity contribution in [3.05, 3.63) is 77.1 Å². The van der Waals surface area contributed by atoms with E-state index in [1.165, 1.54) is 43.5 Å². The summed E-state index contributed by atoms with van der Waals surface area (Å²) in [6, 6.07) is 10.4. The summed E-state index contributed by atoms with van der Waals surface area (Å²) < 4.78 is 55.1. The van der Waals surface area contributed by atoms with Gasteiger partial charge in [-0.1, -0.05) is 11.6 Å². The highest BCUT2D eigenvalue weighted by Crippen LogP contribution is 2.37. The van der Waals surface area contributed by atoms with Gasteiger partial charge in [-0.3, -0.25) is 0 Å². The van der Waals surface area contributed by atoms with E-state index in [1.807, 2.05) is 0 Å². The fourth-order valence-corrected chi connectivity index (χ4v) is 4.10. The first-order valence-corrected chi connectivity index (χ1v) is 12.4. The molecule has 0 radical (unpaired) electrons. The van der Waals surface area contributed by atoms with E-state index in [-0.39, 0.29) is 39.5 Å². The molecule has 4 aromatic rings. The molecule has 14 heteroatoms. The summed E-state index contributed by atoms with van der Waals surface area (Å²) in [5, 5.41) is 52.4. The lowest BCUT2D eigenvalue weighted by molar-refractivity contribution is -0.119. The third-order valence-electron chi connectivity index (χ3n) is 6.16. The molecule has 0 fully saturated rings. The first kappa shape index (κ1) is 30.2. The van der Waals surface area contributed by atoms with Crippen LogP contribution in [0.25, 0.3) is 10.9 Å². The Hall–Kier alpha value is -3.72. The van der Waals surface area contributed by atoms with Crippen molar-refractivity contribution in [1.82, 2.24) is 9.97 Å². The van der Waals surface area contributed by atoms with Crippen molar-refractivity contribution < 1.29 is 48.2 Å². The lowest BCUT2D eigenvalue weighted by Gasteiger charge is -2.27. The number of hydrogen-bond donors (Lipinski definition) is 6. The van der Waals surface area contributed by atoms with E-state index in [1.54, 1.807) is 0 Å². The van der Waals surface area contributed by atoms with Gasteiger partial charge < -0.3 is 40.3 Å². The molecule has 218 valence electrons. The lowest BCUT2D eigenvalue weighted by Crippen LogP contribution is -2.46. The molecule has 41 heavy (non-hydrogen) atoms. The number of methoxy groups -OCH3 is 1. The number of fused-ring (bicyclic) bond motifs is 1. The summed E-state index contributed by atoms with van der Waals surface area (Å²) in [4.78, 5) is 8.18. The standard InChI is InChI=1S/C27H25ClF3N3O7/c1-40-21-9-15-19(8-16(21)23(37)22(31)25(39)24(38)20(36)10-35)32-11-33-27(15)34-13-6-17(29)26(18(30)7-13)41-14-4-2-12(28)3-5-14/h2-9,11,20,22-25,35-39H,10H2,1H3,(H,32,33,34)/t20-,22-,23?,24+,25+/m1/s1. The van der Waals surface area contributed by atoms with Gasteiger partial charge in [-0.2, -0.15) is 0 Å². The van der Waals surface area contributed by atoms with E-state index in [0.717, 1.165) is 18.5 Å². The number of nitrogens with zero attached hydrogens (tertiary/aromatic N) is 2. The Bertz CT molecular complexity index is 1490. The Morgan fingerprint density at radius 3 is 2.22 bits per heavy atom. The molecule has 0 spiro atoms. The Morgan fingerprint density at radius 2 is 1.61 bits per heavy atom. The van der Waals surface area contributed by atoms with Crippen molar-refractivity contribution in [1.29, 1.82) is 0 Å². The van der Waals surface area contributed by atoms with Crippen molar-refractivity contribution in [2.75, 3.05) is 19.0 Å². The maximum atomic E-state index is 14.9. The number of aliphatic hydroxyl groups excluding tert-OH is 5. The Kier molecular flexibility index (Phi) is 9.48. The fourth-order valence-electron chi connectivity index (χ4n) is 3.98. The molecule has 1 aromatic heterocycles. The molecule has 1 unspecified atom stereocenters. The summed E-state index contributed by atoms with van der Waals surface area (Å²) in [6.45, 7) is -0.946. The molecule has 0 aliphatic carbocycles. The van der Waals surface area contributed by atoms with Crippen LogP contribution in [0.15, 0.2) is 54.9 Å². The van der Waals surface area contributed by atoms with Gasteiger partial charge in [0, 0.05) is 33.8 Å². The van der Waals surface area contributed by atoms with Crippen LogP contribution in [0.1, 0.15) is 11.7 Å². The van der Waals surface area contributed by atoms with Gasteiger partial charge in [0.15, 0.2) is 23.6 Å². The van der Waals surface area contributed by atoms with Gasteiger partial charge in [0.05, 0.1) is 19.2 Å². The second-order valence-corrected chi connectivity index (χ2v) is 9.34. The molecule has 0 amide bonds. The van der Waals surface area contributed by atoms with Crippen molar-refractivity contribution in [3.63, 3.8) is 0 Å². The first-order valence-electron chi connectivity index (χ1n) is 12.0. The van der Waals surface area contributed by atoms with E-state index in [9.17, 15) is 33.6 Å². The third-order valence-corrected chi connectivity index (χ3v) is 6.41. The molecule has 10 nitrogen and oxygen atoms in total. The molecule has 5 atom stereocenters. The van der Waals surface area contributed by atoms with E-state index in [4.69, 9.17) is 26.2 Å². The predicted molar refractivity (Wildman–Crippen MR) is 142 cm³/mol.